The van der Waals surface area contributed by atoms with Crippen molar-refractivity contribution in [2.75, 3.05) is 7.11 Å². The number of methoxy groups -OCH3 is 1. The largest absolute Gasteiger partial charge is 0.504 e. The molecule has 0 aliphatic rings. The third kappa shape index (κ3) is 3.33. The van der Waals surface area contributed by atoms with E-state index >= 15 is 0 Å². The zero-order valence-electron chi connectivity index (χ0n) is 14.9. The average Bonchev–Trinajstić information content (AvgIpc) is 3.16. The number of imidazole rings is 1. The quantitative estimate of drug-likeness (QED) is 0.407. The molecule has 6 heteroatoms. The number of aromatic amines is 1. The Morgan fingerprint density at radius 2 is 1.71 bits per heavy atom. The molecule has 0 bridgehead atoms. The smallest absolute Gasteiger partial charge is 0.160 e. The molecular formula is C22H16Cl2N2O2. The van der Waals surface area contributed by atoms with E-state index in [4.69, 9.17) is 32.9 Å². The van der Waals surface area contributed by atoms with Crippen LogP contribution in [0.5, 0.6) is 11.5 Å². The van der Waals surface area contributed by atoms with Gasteiger partial charge in [-0.1, -0.05) is 65.7 Å². The Kier molecular flexibility index (Phi) is 4.99. The summed E-state index contributed by atoms with van der Waals surface area (Å²) in [7, 11) is 1.51. The van der Waals surface area contributed by atoms with Crippen molar-refractivity contribution in [2.24, 2.45) is 0 Å². The minimum Gasteiger partial charge on any atom is -0.504 e. The molecule has 0 aliphatic carbocycles. The molecule has 4 aromatic rings. The number of hydrogen-bond acceptors (Lipinski definition) is 3. The number of halogens is 2. The van der Waals surface area contributed by atoms with Crippen LogP contribution in [0.3, 0.4) is 0 Å². The highest BCUT2D eigenvalue weighted by Gasteiger charge is 2.19. The van der Waals surface area contributed by atoms with E-state index in [1.54, 1.807) is 18.2 Å². The Morgan fingerprint density at radius 1 is 0.929 bits per heavy atom. The molecule has 0 amide bonds. The Morgan fingerprint density at radius 3 is 2.43 bits per heavy atom. The fraction of sp³-hybridized carbons (Fsp3) is 0.0455. The first-order valence-corrected chi connectivity index (χ1v) is 9.31. The predicted molar refractivity (Wildman–Crippen MR) is 113 cm³/mol. The van der Waals surface area contributed by atoms with Gasteiger partial charge in [-0.05, 0) is 24.3 Å². The molecule has 1 aromatic heterocycles. The zero-order chi connectivity index (χ0) is 19.7. The number of H-pyrrole nitrogens is 1. The summed E-state index contributed by atoms with van der Waals surface area (Å²) in [5.41, 5.74) is 3.91. The highest BCUT2D eigenvalue weighted by atomic mass is 35.5. The van der Waals surface area contributed by atoms with Crippen LogP contribution in [-0.2, 0) is 0 Å². The van der Waals surface area contributed by atoms with E-state index in [1.807, 2.05) is 48.5 Å². The van der Waals surface area contributed by atoms with Gasteiger partial charge in [0, 0.05) is 16.7 Å². The number of aromatic hydroxyl groups is 1. The van der Waals surface area contributed by atoms with Crippen LogP contribution >= 0.6 is 23.2 Å². The summed E-state index contributed by atoms with van der Waals surface area (Å²) in [5.74, 6) is 1.04. The highest BCUT2D eigenvalue weighted by Crippen LogP contribution is 2.39. The Balaban J connectivity index is 1.92. The molecule has 0 atom stereocenters. The third-order valence-electron chi connectivity index (χ3n) is 4.42. The Labute approximate surface area is 172 Å². The van der Waals surface area contributed by atoms with Crippen molar-refractivity contribution >= 4 is 23.2 Å². The van der Waals surface area contributed by atoms with Gasteiger partial charge in [0.2, 0.25) is 0 Å². The van der Waals surface area contributed by atoms with E-state index in [-0.39, 0.29) is 5.75 Å². The lowest BCUT2D eigenvalue weighted by Gasteiger charge is -2.06. The molecule has 0 saturated heterocycles. The number of ether oxygens (including phenoxy) is 1. The van der Waals surface area contributed by atoms with Gasteiger partial charge >= 0.3 is 0 Å². The molecule has 2 N–H and O–H groups in total. The molecule has 1 heterocycles. The molecular weight excluding hydrogens is 395 g/mol. The second-order valence-electron chi connectivity index (χ2n) is 6.16. The van der Waals surface area contributed by atoms with Gasteiger partial charge in [-0.25, -0.2) is 4.98 Å². The lowest BCUT2D eigenvalue weighted by atomic mass is 10.1. The van der Waals surface area contributed by atoms with Crippen LogP contribution in [0.4, 0.5) is 0 Å². The maximum Gasteiger partial charge on any atom is 0.160 e. The summed E-state index contributed by atoms with van der Waals surface area (Å²) in [6.45, 7) is 0. The van der Waals surface area contributed by atoms with E-state index < -0.39 is 0 Å². The molecule has 4 nitrogen and oxygen atoms in total. The van der Waals surface area contributed by atoms with Gasteiger partial charge in [0.25, 0.3) is 0 Å². The van der Waals surface area contributed by atoms with Crippen LogP contribution in [-0.4, -0.2) is 22.2 Å². The van der Waals surface area contributed by atoms with Gasteiger partial charge in [-0.2, -0.15) is 0 Å². The topological polar surface area (TPSA) is 58.1 Å². The Bertz CT molecular complexity index is 1140. The molecule has 4 rings (SSSR count). The summed E-state index contributed by atoms with van der Waals surface area (Å²) in [5, 5.41) is 11.1. The molecule has 0 spiro atoms. The number of nitrogens with one attached hydrogen (secondary N) is 1. The second kappa shape index (κ2) is 7.58. The van der Waals surface area contributed by atoms with Gasteiger partial charge < -0.3 is 14.8 Å². The van der Waals surface area contributed by atoms with E-state index in [0.29, 0.717) is 21.6 Å². The van der Waals surface area contributed by atoms with Gasteiger partial charge in [0.05, 0.1) is 28.5 Å². The zero-order valence-corrected chi connectivity index (χ0v) is 16.4. The van der Waals surface area contributed by atoms with E-state index in [1.165, 1.54) is 7.11 Å². The summed E-state index contributed by atoms with van der Waals surface area (Å²) < 4.78 is 5.12. The summed E-state index contributed by atoms with van der Waals surface area (Å²) in [6.07, 6.45) is 0. The number of benzene rings is 3. The standard InChI is InChI=1S/C22H16Cl2N2O2/c1-28-18-11-10-14(12-17(18)27)22-25-20(13-6-3-2-4-7-13)21(26-22)15-8-5-9-16(23)19(15)24/h2-12,27H,1H3,(H,25,26). The summed E-state index contributed by atoms with van der Waals surface area (Å²) in [6, 6.07) is 20.4. The van der Waals surface area contributed by atoms with Crippen molar-refractivity contribution in [3.8, 4) is 45.4 Å². The van der Waals surface area contributed by atoms with Crippen LogP contribution < -0.4 is 4.74 Å². The van der Waals surface area contributed by atoms with E-state index in [9.17, 15) is 5.11 Å². The fourth-order valence-corrected chi connectivity index (χ4v) is 3.44. The lowest BCUT2D eigenvalue weighted by molar-refractivity contribution is 0.373. The van der Waals surface area contributed by atoms with Crippen LogP contribution in [0.2, 0.25) is 10.0 Å². The molecule has 0 radical (unpaired) electrons. The van der Waals surface area contributed by atoms with Crippen LogP contribution in [0.25, 0.3) is 33.9 Å². The highest BCUT2D eigenvalue weighted by molar-refractivity contribution is 6.43. The van der Waals surface area contributed by atoms with Crippen molar-refractivity contribution in [1.29, 1.82) is 0 Å². The SMILES string of the molecule is COc1ccc(-c2nc(-c3ccccc3)c(-c3cccc(Cl)c3Cl)[nH]2)cc1O. The number of rotatable bonds is 4. The number of nitrogens with zero attached hydrogens (tertiary/aromatic N) is 1. The van der Waals surface area contributed by atoms with Gasteiger partial charge in [0.1, 0.15) is 5.82 Å². The minimum absolute atomic E-state index is 0.0417. The van der Waals surface area contributed by atoms with Crippen molar-refractivity contribution in [1.82, 2.24) is 9.97 Å². The van der Waals surface area contributed by atoms with Crippen LogP contribution in [0.1, 0.15) is 0 Å². The monoisotopic (exact) mass is 410 g/mol. The van der Waals surface area contributed by atoms with Crippen molar-refractivity contribution in [3.05, 3.63) is 76.8 Å². The average molecular weight is 411 g/mol. The number of hydrogen-bond donors (Lipinski definition) is 2. The number of phenolic OH excluding ortho intramolecular Hbond substituents is 1. The van der Waals surface area contributed by atoms with Crippen LogP contribution in [0.15, 0.2) is 66.7 Å². The Hall–Kier alpha value is -2.95. The minimum atomic E-state index is 0.0417. The normalized spacial score (nSPS) is 10.8. The fourth-order valence-electron chi connectivity index (χ4n) is 3.04. The van der Waals surface area contributed by atoms with E-state index in [0.717, 1.165) is 28.1 Å². The molecule has 140 valence electrons. The first kappa shape index (κ1) is 18.4. The van der Waals surface area contributed by atoms with Crippen LogP contribution in [0, 0.1) is 0 Å². The molecule has 0 aliphatic heterocycles. The predicted octanol–water partition coefficient (Wildman–Crippen LogP) is 6.43. The molecule has 0 unspecified atom stereocenters. The maximum atomic E-state index is 10.1. The first-order chi connectivity index (χ1) is 13.6. The van der Waals surface area contributed by atoms with Crippen molar-refractivity contribution in [2.45, 2.75) is 0 Å². The molecule has 0 saturated carbocycles. The van der Waals surface area contributed by atoms with E-state index in [2.05, 4.69) is 4.98 Å². The number of phenols is 1. The first-order valence-electron chi connectivity index (χ1n) is 8.55. The van der Waals surface area contributed by atoms with Crippen molar-refractivity contribution in [3.63, 3.8) is 0 Å². The third-order valence-corrected chi connectivity index (χ3v) is 5.24. The summed E-state index contributed by atoms with van der Waals surface area (Å²) >= 11 is 12.7. The molecule has 3 aromatic carbocycles. The van der Waals surface area contributed by atoms with Gasteiger partial charge in [-0.3, -0.25) is 0 Å². The molecule has 28 heavy (non-hydrogen) atoms. The lowest BCUT2D eigenvalue weighted by Crippen LogP contribution is -1.86. The molecule has 0 fully saturated rings. The summed E-state index contributed by atoms with van der Waals surface area (Å²) in [4.78, 5) is 8.12. The van der Waals surface area contributed by atoms with Gasteiger partial charge in [-0.15, -0.1) is 0 Å². The van der Waals surface area contributed by atoms with Gasteiger partial charge in [0.15, 0.2) is 11.5 Å². The number of aromatic nitrogens is 2. The second-order valence-corrected chi connectivity index (χ2v) is 6.95. The maximum absolute atomic E-state index is 10.1. The van der Waals surface area contributed by atoms with Crippen molar-refractivity contribution < 1.29 is 9.84 Å².